The van der Waals surface area contributed by atoms with E-state index in [0.29, 0.717) is 19.1 Å². The van der Waals surface area contributed by atoms with Crippen LogP contribution in [0.4, 0.5) is 0 Å². The maximum absolute atomic E-state index is 5.23. The van der Waals surface area contributed by atoms with Crippen LogP contribution in [0.3, 0.4) is 0 Å². The fraction of sp³-hybridized carbons (Fsp3) is 0.591. The van der Waals surface area contributed by atoms with Crippen molar-refractivity contribution in [2.24, 2.45) is 12.0 Å². The summed E-state index contributed by atoms with van der Waals surface area (Å²) in [6, 6.07) is 8.37. The van der Waals surface area contributed by atoms with Gasteiger partial charge in [-0.1, -0.05) is 44.7 Å². The zero-order valence-electron chi connectivity index (χ0n) is 18.9. The van der Waals surface area contributed by atoms with Gasteiger partial charge in [-0.15, -0.1) is 34.2 Å². The third-order valence-electron chi connectivity index (χ3n) is 5.05. The first-order valence-corrected chi connectivity index (χ1v) is 10.6. The highest BCUT2D eigenvalue weighted by molar-refractivity contribution is 14.0. The molecule has 0 fully saturated rings. The highest BCUT2D eigenvalue weighted by Crippen LogP contribution is 2.12. The number of hydrogen-bond donors (Lipinski definition) is 2. The summed E-state index contributed by atoms with van der Waals surface area (Å²) in [7, 11) is 3.65. The molecule has 2 rings (SSSR count). The third kappa shape index (κ3) is 8.89. The molecule has 2 N–H and O–H groups in total. The fourth-order valence-electron chi connectivity index (χ4n) is 3.00. The number of benzene rings is 1. The van der Waals surface area contributed by atoms with Crippen LogP contribution in [0.1, 0.15) is 63.2 Å². The number of methoxy groups -OCH3 is 1. The van der Waals surface area contributed by atoms with Gasteiger partial charge in [-0.05, 0) is 38.0 Å². The SMILES string of the molecule is CCCCCCC(C)NC(=NCc1ccc(OC)cc1)NCc1nnc(C)n1C.I. The predicted molar refractivity (Wildman–Crippen MR) is 133 cm³/mol. The van der Waals surface area contributed by atoms with E-state index in [1.165, 1.54) is 25.7 Å². The monoisotopic (exact) mass is 528 g/mol. The largest absolute Gasteiger partial charge is 0.497 e. The van der Waals surface area contributed by atoms with Gasteiger partial charge >= 0.3 is 0 Å². The van der Waals surface area contributed by atoms with Crippen molar-refractivity contribution >= 4 is 29.9 Å². The van der Waals surface area contributed by atoms with Crippen LogP contribution < -0.4 is 15.4 Å². The second-order valence-corrected chi connectivity index (χ2v) is 7.48. The molecular weight excluding hydrogens is 491 g/mol. The van der Waals surface area contributed by atoms with E-state index < -0.39 is 0 Å². The Balaban J connectivity index is 0.00000450. The van der Waals surface area contributed by atoms with Crippen LogP contribution in [-0.2, 0) is 20.1 Å². The lowest BCUT2D eigenvalue weighted by atomic mass is 10.1. The van der Waals surface area contributed by atoms with Gasteiger partial charge in [0.25, 0.3) is 0 Å². The van der Waals surface area contributed by atoms with Gasteiger partial charge in [0.05, 0.1) is 20.2 Å². The Bertz CT molecular complexity index is 759. The van der Waals surface area contributed by atoms with Crippen molar-refractivity contribution in [3.05, 3.63) is 41.5 Å². The quantitative estimate of drug-likeness (QED) is 0.196. The minimum absolute atomic E-state index is 0. The number of aromatic nitrogens is 3. The lowest BCUT2D eigenvalue weighted by molar-refractivity contribution is 0.414. The van der Waals surface area contributed by atoms with Crippen molar-refractivity contribution < 1.29 is 4.74 Å². The highest BCUT2D eigenvalue weighted by atomic mass is 127. The molecule has 8 heteroatoms. The fourth-order valence-corrected chi connectivity index (χ4v) is 3.00. The lowest BCUT2D eigenvalue weighted by Gasteiger charge is -2.18. The van der Waals surface area contributed by atoms with E-state index in [9.17, 15) is 0 Å². The van der Waals surface area contributed by atoms with Crippen molar-refractivity contribution in [2.75, 3.05) is 7.11 Å². The second kappa shape index (κ2) is 14.2. The van der Waals surface area contributed by atoms with E-state index in [2.05, 4.69) is 34.7 Å². The Labute approximate surface area is 198 Å². The molecule has 168 valence electrons. The van der Waals surface area contributed by atoms with E-state index in [4.69, 9.17) is 9.73 Å². The molecule has 1 aromatic heterocycles. The van der Waals surface area contributed by atoms with Crippen LogP contribution in [0.15, 0.2) is 29.3 Å². The Kier molecular flexibility index (Phi) is 12.4. The summed E-state index contributed by atoms with van der Waals surface area (Å²) in [5.74, 6) is 3.44. The van der Waals surface area contributed by atoms with Gasteiger partial charge < -0.3 is 19.9 Å². The Morgan fingerprint density at radius 2 is 1.90 bits per heavy atom. The van der Waals surface area contributed by atoms with Gasteiger partial charge in [0.15, 0.2) is 11.8 Å². The van der Waals surface area contributed by atoms with Crippen LogP contribution in [0.2, 0.25) is 0 Å². The number of halogens is 1. The molecule has 0 spiro atoms. The van der Waals surface area contributed by atoms with Crippen LogP contribution >= 0.6 is 24.0 Å². The summed E-state index contributed by atoms with van der Waals surface area (Å²) in [5, 5.41) is 15.3. The molecule has 0 amide bonds. The van der Waals surface area contributed by atoms with Crippen LogP contribution in [-0.4, -0.2) is 33.9 Å². The molecule has 2 aromatic rings. The number of aryl methyl sites for hydroxylation is 1. The maximum Gasteiger partial charge on any atom is 0.192 e. The van der Waals surface area contributed by atoms with Crippen LogP contribution in [0, 0.1) is 6.92 Å². The second-order valence-electron chi connectivity index (χ2n) is 7.48. The minimum atomic E-state index is 0. The molecule has 0 saturated carbocycles. The van der Waals surface area contributed by atoms with E-state index >= 15 is 0 Å². The molecule has 1 unspecified atom stereocenters. The molecule has 0 aliphatic rings. The number of aliphatic imine (C=N–C) groups is 1. The Morgan fingerprint density at radius 1 is 1.17 bits per heavy atom. The zero-order valence-corrected chi connectivity index (χ0v) is 21.3. The average Bonchev–Trinajstić information content (AvgIpc) is 3.05. The van der Waals surface area contributed by atoms with Crippen LogP contribution in [0.25, 0.3) is 0 Å². The molecule has 0 radical (unpaired) electrons. The molecule has 0 saturated heterocycles. The van der Waals surface area contributed by atoms with E-state index in [1.807, 2.05) is 42.8 Å². The van der Waals surface area contributed by atoms with Crippen molar-refractivity contribution in [1.29, 1.82) is 0 Å². The van der Waals surface area contributed by atoms with E-state index in [1.54, 1.807) is 7.11 Å². The van der Waals surface area contributed by atoms with Crippen molar-refractivity contribution in [3.8, 4) is 5.75 Å². The molecule has 0 aliphatic carbocycles. The summed E-state index contributed by atoms with van der Waals surface area (Å²) in [4.78, 5) is 4.78. The summed E-state index contributed by atoms with van der Waals surface area (Å²) < 4.78 is 7.22. The Morgan fingerprint density at radius 3 is 2.50 bits per heavy atom. The first kappa shape index (κ1) is 26.2. The third-order valence-corrected chi connectivity index (χ3v) is 5.05. The molecular formula is C22H37IN6O. The Hall–Kier alpha value is -1.84. The van der Waals surface area contributed by atoms with E-state index in [0.717, 1.165) is 35.3 Å². The first-order valence-electron chi connectivity index (χ1n) is 10.6. The molecule has 1 atom stereocenters. The molecule has 30 heavy (non-hydrogen) atoms. The molecule has 7 nitrogen and oxygen atoms in total. The first-order chi connectivity index (χ1) is 14.0. The van der Waals surface area contributed by atoms with Crippen molar-refractivity contribution in [2.45, 2.75) is 72.0 Å². The van der Waals surface area contributed by atoms with Gasteiger partial charge in [0, 0.05) is 13.1 Å². The normalized spacial score (nSPS) is 12.2. The minimum Gasteiger partial charge on any atom is -0.497 e. The molecule has 0 aliphatic heterocycles. The highest BCUT2D eigenvalue weighted by Gasteiger charge is 2.09. The standard InChI is InChI=1S/C22H36N6O.HI/c1-6-7-8-9-10-17(2)25-22(24-16-21-27-26-18(3)28(21)4)23-15-19-11-13-20(29-5)14-12-19;/h11-14,17H,6-10,15-16H2,1-5H3,(H2,23,24,25);1H. The smallest absolute Gasteiger partial charge is 0.192 e. The van der Waals surface area contributed by atoms with Gasteiger partial charge in [0.2, 0.25) is 0 Å². The lowest BCUT2D eigenvalue weighted by Crippen LogP contribution is -2.42. The molecule has 1 aromatic carbocycles. The maximum atomic E-state index is 5.23. The summed E-state index contributed by atoms with van der Waals surface area (Å²) in [5.41, 5.74) is 1.14. The number of hydrogen-bond acceptors (Lipinski definition) is 4. The van der Waals surface area contributed by atoms with Crippen molar-refractivity contribution in [1.82, 2.24) is 25.4 Å². The van der Waals surface area contributed by atoms with Gasteiger partial charge in [-0.25, -0.2) is 4.99 Å². The van der Waals surface area contributed by atoms with E-state index in [-0.39, 0.29) is 24.0 Å². The molecule has 0 bridgehead atoms. The number of guanidine groups is 1. The number of nitrogens with one attached hydrogen (secondary N) is 2. The van der Waals surface area contributed by atoms with Gasteiger partial charge in [-0.3, -0.25) is 0 Å². The number of unbranched alkanes of at least 4 members (excludes halogenated alkanes) is 3. The average molecular weight is 528 g/mol. The van der Waals surface area contributed by atoms with Gasteiger partial charge in [-0.2, -0.15) is 0 Å². The molecule has 1 heterocycles. The summed E-state index contributed by atoms with van der Waals surface area (Å²) in [6.07, 6.45) is 6.21. The topological polar surface area (TPSA) is 76.4 Å². The van der Waals surface area contributed by atoms with Crippen molar-refractivity contribution in [3.63, 3.8) is 0 Å². The summed E-state index contributed by atoms with van der Waals surface area (Å²) in [6.45, 7) is 7.58. The number of ether oxygens (including phenoxy) is 1. The number of rotatable bonds is 11. The number of nitrogens with zero attached hydrogens (tertiary/aromatic N) is 4. The zero-order chi connectivity index (χ0) is 21.1. The van der Waals surface area contributed by atoms with Crippen LogP contribution in [0.5, 0.6) is 5.75 Å². The van der Waals surface area contributed by atoms with Gasteiger partial charge in [0.1, 0.15) is 11.6 Å². The predicted octanol–water partition coefficient (Wildman–Crippen LogP) is 4.34. The summed E-state index contributed by atoms with van der Waals surface area (Å²) >= 11 is 0.